The number of ether oxygens (including phenoxy) is 1. The molecule has 1 amide bonds. The second-order valence-electron chi connectivity index (χ2n) is 7.16. The molecule has 1 aromatic carbocycles. The number of halogens is 1. The lowest BCUT2D eigenvalue weighted by atomic mass is 10.1. The van der Waals surface area contributed by atoms with E-state index in [4.69, 9.17) is 10.5 Å². The average Bonchev–Trinajstić information content (AvgIpc) is 2.65. The van der Waals surface area contributed by atoms with Crippen molar-refractivity contribution in [2.75, 3.05) is 30.9 Å². The fourth-order valence-corrected chi connectivity index (χ4v) is 3.01. The van der Waals surface area contributed by atoms with E-state index in [-0.39, 0.29) is 42.5 Å². The summed E-state index contributed by atoms with van der Waals surface area (Å²) in [7, 11) is 1.52. The summed E-state index contributed by atoms with van der Waals surface area (Å²) in [6, 6.07) is 5.94. The van der Waals surface area contributed by atoms with Crippen LogP contribution in [0.25, 0.3) is 0 Å². The molecule has 1 aromatic heterocycles. The van der Waals surface area contributed by atoms with Gasteiger partial charge in [0.25, 0.3) is 5.56 Å². The lowest BCUT2D eigenvalue weighted by molar-refractivity contribution is -0.118. The molecular formula is C20H27FN4O4. The summed E-state index contributed by atoms with van der Waals surface area (Å²) in [4.78, 5) is 41.2. The molecule has 0 spiro atoms. The highest BCUT2D eigenvalue weighted by Gasteiger charge is 2.25. The van der Waals surface area contributed by atoms with Crippen LogP contribution < -0.4 is 21.9 Å². The molecule has 0 saturated heterocycles. The number of carbonyl (C=O) groups excluding carboxylic acids is 1. The maximum absolute atomic E-state index is 14.0. The van der Waals surface area contributed by atoms with E-state index >= 15 is 0 Å². The first-order valence-corrected chi connectivity index (χ1v) is 9.41. The molecule has 0 aliphatic rings. The van der Waals surface area contributed by atoms with Gasteiger partial charge in [-0.2, -0.15) is 0 Å². The van der Waals surface area contributed by atoms with Gasteiger partial charge >= 0.3 is 5.69 Å². The Bertz CT molecular complexity index is 968. The molecule has 0 bridgehead atoms. The topological polar surface area (TPSA) is 110 Å². The minimum Gasteiger partial charge on any atom is -0.385 e. The molecule has 0 atom stereocenters. The van der Waals surface area contributed by atoms with Crippen LogP contribution in [0, 0.1) is 11.7 Å². The molecule has 0 aliphatic carbocycles. The molecule has 2 aromatic rings. The normalized spacial score (nSPS) is 11.1. The van der Waals surface area contributed by atoms with Gasteiger partial charge in [-0.25, -0.2) is 9.18 Å². The Morgan fingerprint density at radius 2 is 2.00 bits per heavy atom. The smallest absolute Gasteiger partial charge is 0.330 e. The standard InChI is InChI=1S/C20H27FN4O4/c1-13(2)12-25-18(22)17(19(27)23-20(25)28)24(9-6-10-29-3)16(26)11-14-7-4-5-8-15(14)21/h4-5,7-8,13H,6,9-12,22H2,1-3H3,(H,23,27,28). The largest absolute Gasteiger partial charge is 0.385 e. The van der Waals surface area contributed by atoms with E-state index in [1.54, 1.807) is 6.07 Å². The number of rotatable bonds is 9. The number of methoxy groups -OCH3 is 1. The molecule has 3 N–H and O–H groups in total. The molecule has 0 radical (unpaired) electrons. The van der Waals surface area contributed by atoms with Crippen molar-refractivity contribution < 1.29 is 13.9 Å². The molecule has 0 aliphatic heterocycles. The van der Waals surface area contributed by atoms with Gasteiger partial charge in [0.2, 0.25) is 5.91 Å². The summed E-state index contributed by atoms with van der Waals surface area (Å²) in [6.07, 6.45) is 0.184. The second-order valence-corrected chi connectivity index (χ2v) is 7.16. The third kappa shape index (κ3) is 5.54. The minimum atomic E-state index is -0.758. The fourth-order valence-electron chi connectivity index (χ4n) is 3.01. The highest BCUT2D eigenvalue weighted by atomic mass is 19.1. The van der Waals surface area contributed by atoms with Gasteiger partial charge in [-0.1, -0.05) is 32.0 Å². The number of nitrogens with one attached hydrogen (secondary N) is 1. The summed E-state index contributed by atoms with van der Waals surface area (Å²) >= 11 is 0. The van der Waals surface area contributed by atoms with Crippen molar-refractivity contribution in [3.8, 4) is 0 Å². The number of H-pyrrole nitrogens is 1. The Balaban J connectivity index is 2.49. The average molecular weight is 406 g/mol. The monoisotopic (exact) mass is 406 g/mol. The maximum Gasteiger partial charge on any atom is 0.330 e. The van der Waals surface area contributed by atoms with Crippen LogP contribution in [0.4, 0.5) is 15.9 Å². The van der Waals surface area contributed by atoms with Crippen molar-refractivity contribution in [2.45, 2.75) is 33.2 Å². The van der Waals surface area contributed by atoms with Crippen molar-refractivity contribution in [3.05, 3.63) is 56.5 Å². The zero-order chi connectivity index (χ0) is 21.6. The zero-order valence-electron chi connectivity index (χ0n) is 16.9. The number of aromatic amines is 1. The molecule has 0 unspecified atom stereocenters. The van der Waals surface area contributed by atoms with Gasteiger partial charge in [0.15, 0.2) is 5.69 Å². The quantitative estimate of drug-likeness (QED) is 0.614. The third-order valence-electron chi connectivity index (χ3n) is 4.36. The lowest BCUT2D eigenvalue weighted by Gasteiger charge is -2.25. The van der Waals surface area contributed by atoms with Crippen molar-refractivity contribution >= 4 is 17.4 Å². The van der Waals surface area contributed by atoms with Gasteiger partial charge in [0.1, 0.15) is 11.6 Å². The summed E-state index contributed by atoms with van der Waals surface area (Å²) < 4.78 is 20.3. The summed E-state index contributed by atoms with van der Waals surface area (Å²) in [5.74, 6) is -1.01. The molecule has 9 heteroatoms. The van der Waals surface area contributed by atoms with Crippen molar-refractivity contribution in [2.24, 2.45) is 5.92 Å². The van der Waals surface area contributed by atoms with Crippen molar-refractivity contribution in [1.29, 1.82) is 0 Å². The third-order valence-corrected chi connectivity index (χ3v) is 4.36. The van der Waals surface area contributed by atoms with E-state index < -0.39 is 23.0 Å². The van der Waals surface area contributed by atoms with Crippen LogP contribution in [0.5, 0.6) is 0 Å². The maximum atomic E-state index is 14.0. The predicted octanol–water partition coefficient (Wildman–Crippen LogP) is 1.53. The van der Waals surface area contributed by atoms with E-state index in [9.17, 15) is 18.8 Å². The van der Waals surface area contributed by atoms with Gasteiger partial charge in [-0.05, 0) is 24.0 Å². The highest BCUT2D eigenvalue weighted by Crippen LogP contribution is 2.20. The van der Waals surface area contributed by atoms with E-state index in [0.717, 1.165) is 0 Å². The summed E-state index contributed by atoms with van der Waals surface area (Å²) in [6.45, 7) is 4.57. The van der Waals surface area contributed by atoms with E-state index in [1.165, 1.54) is 34.8 Å². The number of carbonyl (C=O) groups is 1. The Labute approximate surface area is 168 Å². The van der Waals surface area contributed by atoms with Crippen LogP contribution in [-0.4, -0.2) is 35.7 Å². The van der Waals surface area contributed by atoms with Crippen LogP contribution in [0.2, 0.25) is 0 Å². The van der Waals surface area contributed by atoms with Crippen LogP contribution in [0.15, 0.2) is 33.9 Å². The number of hydrogen-bond acceptors (Lipinski definition) is 5. The molecule has 2 rings (SSSR count). The van der Waals surface area contributed by atoms with Crippen LogP contribution in [0.3, 0.4) is 0 Å². The van der Waals surface area contributed by atoms with Gasteiger partial charge < -0.3 is 15.4 Å². The number of nitrogen functional groups attached to an aromatic ring is 1. The van der Waals surface area contributed by atoms with Crippen LogP contribution >= 0.6 is 0 Å². The van der Waals surface area contributed by atoms with Crippen LogP contribution in [0.1, 0.15) is 25.8 Å². The predicted molar refractivity (Wildman–Crippen MR) is 110 cm³/mol. The zero-order valence-corrected chi connectivity index (χ0v) is 16.9. The number of nitrogens with zero attached hydrogens (tertiary/aromatic N) is 2. The van der Waals surface area contributed by atoms with Gasteiger partial charge in [0.05, 0.1) is 6.42 Å². The number of amides is 1. The Hall–Kier alpha value is -2.94. The van der Waals surface area contributed by atoms with E-state index in [2.05, 4.69) is 4.98 Å². The summed E-state index contributed by atoms with van der Waals surface area (Å²) in [5.41, 5.74) is 4.85. The van der Waals surface area contributed by atoms with Gasteiger partial charge in [-0.3, -0.25) is 19.1 Å². The first kappa shape index (κ1) is 22.4. The van der Waals surface area contributed by atoms with E-state index in [0.29, 0.717) is 13.0 Å². The number of nitrogens with two attached hydrogens (primary N) is 1. The molecule has 0 saturated carbocycles. The van der Waals surface area contributed by atoms with Gasteiger partial charge in [0, 0.05) is 26.8 Å². The molecule has 158 valence electrons. The molecule has 0 fully saturated rings. The first-order valence-electron chi connectivity index (χ1n) is 9.41. The Morgan fingerprint density at radius 1 is 1.31 bits per heavy atom. The van der Waals surface area contributed by atoms with Crippen molar-refractivity contribution in [3.63, 3.8) is 0 Å². The number of aromatic nitrogens is 2. The lowest BCUT2D eigenvalue weighted by Crippen LogP contribution is -2.42. The highest BCUT2D eigenvalue weighted by molar-refractivity contribution is 5.96. The number of benzene rings is 1. The number of anilines is 2. The minimum absolute atomic E-state index is 0.0878. The molecule has 8 nitrogen and oxygen atoms in total. The fraction of sp³-hybridized carbons (Fsp3) is 0.450. The molecular weight excluding hydrogens is 379 g/mol. The molecule has 29 heavy (non-hydrogen) atoms. The molecule has 1 heterocycles. The van der Waals surface area contributed by atoms with E-state index in [1.807, 2.05) is 13.8 Å². The Kier molecular flexibility index (Phi) is 7.72. The SMILES string of the molecule is COCCCN(C(=O)Cc1ccccc1F)c1c(N)n(CC(C)C)c(=O)[nH]c1=O. The Morgan fingerprint density at radius 3 is 2.62 bits per heavy atom. The number of hydrogen-bond donors (Lipinski definition) is 2. The second kappa shape index (κ2) is 10.0. The van der Waals surface area contributed by atoms with Crippen LogP contribution in [-0.2, 0) is 22.5 Å². The first-order chi connectivity index (χ1) is 13.8. The summed E-state index contributed by atoms with van der Waals surface area (Å²) in [5, 5.41) is 0. The van der Waals surface area contributed by atoms with Crippen molar-refractivity contribution in [1.82, 2.24) is 9.55 Å². The van der Waals surface area contributed by atoms with Gasteiger partial charge in [-0.15, -0.1) is 0 Å².